The summed E-state index contributed by atoms with van der Waals surface area (Å²) in [5.41, 5.74) is 4.42. The molecular weight excluding hydrogens is 374 g/mol. The van der Waals surface area contributed by atoms with E-state index in [4.69, 9.17) is 0 Å². The molecule has 0 aliphatic heterocycles. The Kier molecular flexibility index (Phi) is 6.64. The van der Waals surface area contributed by atoms with Crippen LogP contribution in [-0.4, -0.2) is 17.5 Å². The van der Waals surface area contributed by atoms with Crippen LogP contribution in [0.25, 0.3) is 0 Å². The van der Waals surface area contributed by atoms with Gasteiger partial charge in [-0.3, -0.25) is 0 Å². The first-order valence-electron chi connectivity index (χ1n) is 12.2. The largest absolute Gasteiger partial charge is 0.372 e. The summed E-state index contributed by atoms with van der Waals surface area (Å²) in [5.74, 6) is 4.97. The van der Waals surface area contributed by atoms with Gasteiger partial charge in [-0.1, -0.05) is 50.1 Å². The van der Waals surface area contributed by atoms with Gasteiger partial charge >= 0.3 is 0 Å². The summed E-state index contributed by atoms with van der Waals surface area (Å²) in [6.45, 7) is 7.90. The molecule has 0 unspecified atom stereocenters. The molecule has 160 valence electrons. The number of hydrogen-bond acceptors (Lipinski definition) is 1. The Morgan fingerprint density at radius 2 is 1.48 bits per heavy atom. The molecule has 0 radical (unpaired) electrons. The molecule has 1 aromatic carbocycles. The van der Waals surface area contributed by atoms with E-state index in [1.54, 1.807) is 12.0 Å². The van der Waals surface area contributed by atoms with E-state index in [0.29, 0.717) is 0 Å². The van der Waals surface area contributed by atoms with E-state index in [-0.39, 0.29) is 12.4 Å². The minimum Gasteiger partial charge on any atom is -0.372 e. The van der Waals surface area contributed by atoms with Crippen molar-refractivity contribution in [3.8, 4) is 0 Å². The zero-order valence-electron chi connectivity index (χ0n) is 18.3. The molecule has 0 saturated heterocycles. The zero-order chi connectivity index (χ0) is 19.1. The fraction of sp³-hybridized carbons (Fsp3) is 0.704. The van der Waals surface area contributed by atoms with Crippen molar-refractivity contribution in [1.82, 2.24) is 4.90 Å². The third kappa shape index (κ3) is 4.27. The predicted octanol–water partition coefficient (Wildman–Crippen LogP) is 7.36. The first-order chi connectivity index (χ1) is 13.7. The molecule has 5 saturated carbocycles. The molecule has 29 heavy (non-hydrogen) atoms. The molecule has 1 aromatic rings. The lowest BCUT2D eigenvalue weighted by Crippen LogP contribution is -2.43. The molecule has 1 nitrogen and oxygen atoms in total. The average Bonchev–Trinajstić information content (AvgIpc) is 2.70. The summed E-state index contributed by atoms with van der Waals surface area (Å²) >= 11 is 0. The number of benzene rings is 1. The molecule has 5 aliphatic carbocycles. The molecule has 0 spiro atoms. The summed E-state index contributed by atoms with van der Waals surface area (Å²) < 4.78 is 0. The lowest BCUT2D eigenvalue weighted by atomic mass is 9.51. The van der Waals surface area contributed by atoms with Crippen LogP contribution in [0.2, 0.25) is 0 Å². The third-order valence-corrected chi connectivity index (χ3v) is 8.76. The summed E-state index contributed by atoms with van der Waals surface area (Å²) in [6.07, 6.45) is 15.6. The van der Waals surface area contributed by atoms with E-state index in [0.717, 1.165) is 48.6 Å². The van der Waals surface area contributed by atoms with Crippen LogP contribution in [0.4, 0.5) is 0 Å². The van der Waals surface area contributed by atoms with Crippen molar-refractivity contribution in [2.75, 3.05) is 6.54 Å². The first kappa shape index (κ1) is 21.3. The average molecular weight is 414 g/mol. The maximum Gasteiger partial charge on any atom is 0.0286 e. The highest BCUT2D eigenvalue weighted by Crippen LogP contribution is 2.59. The van der Waals surface area contributed by atoms with E-state index in [1.807, 2.05) is 0 Å². The maximum absolute atomic E-state index is 4.49. The lowest BCUT2D eigenvalue weighted by molar-refractivity contribution is -0.00278. The minimum atomic E-state index is 0. The van der Waals surface area contributed by atoms with Crippen molar-refractivity contribution in [3.63, 3.8) is 0 Å². The van der Waals surface area contributed by atoms with Gasteiger partial charge in [0, 0.05) is 24.7 Å². The van der Waals surface area contributed by atoms with Crippen molar-refractivity contribution < 1.29 is 0 Å². The lowest BCUT2D eigenvalue weighted by Gasteiger charge is -2.54. The van der Waals surface area contributed by atoms with Crippen LogP contribution >= 0.6 is 12.4 Å². The van der Waals surface area contributed by atoms with Gasteiger partial charge in [0.25, 0.3) is 0 Å². The number of likely N-dealkylation sites (N-methyl/N-ethyl adjacent to an activating group) is 1. The Bertz CT molecular complexity index is 659. The standard InChI is InChI=1S/C27H39N.ClH/c1-3-28(26-7-5-4-6-8-26)19(2)13-20-9-11-23(12-10-20)27-24-15-21-14-22(17-24)18-25(27)16-21;/h9-12,21-22,24-27H,2-8,13-18H2,1H3;1H. The van der Waals surface area contributed by atoms with Crippen LogP contribution in [0.3, 0.4) is 0 Å². The van der Waals surface area contributed by atoms with Crippen molar-refractivity contribution in [2.45, 2.75) is 89.5 Å². The van der Waals surface area contributed by atoms with Crippen LogP contribution < -0.4 is 0 Å². The van der Waals surface area contributed by atoms with Crippen LogP contribution in [0, 0.1) is 23.7 Å². The normalized spacial score (nSPS) is 33.3. The Hall–Kier alpha value is -0.950. The summed E-state index contributed by atoms with van der Waals surface area (Å²) in [6, 6.07) is 10.5. The summed E-state index contributed by atoms with van der Waals surface area (Å²) in [5, 5.41) is 0. The summed E-state index contributed by atoms with van der Waals surface area (Å²) in [7, 11) is 0. The quantitative estimate of drug-likeness (QED) is 0.470. The second kappa shape index (κ2) is 9.04. The van der Waals surface area contributed by atoms with Crippen LogP contribution in [-0.2, 0) is 6.42 Å². The van der Waals surface area contributed by atoms with E-state index >= 15 is 0 Å². The molecule has 6 rings (SSSR count). The van der Waals surface area contributed by atoms with Crippen molar-refractivity contribution in [2.24, 2.45) is 23.7 Å². The van der Waals surface area contributed by atoms with Gasteiger partial charge in [0.2, 0.25) is 0 Å². The molecule has 0 aromatic heterocycles. The smallest absolute Gasteiger partial charge is 0.0286 e. The SMILES string of the molecule is C=C(Cc1ccc(C2C3CC4CC(C3)CC2C4)cc1)N(CC)C1CCCCC1.Cl. The number of allylic oxidation sites excluding steroid dienone is 1. The van der Waals surface area contributed by atoms with Gasteiger partial charge in [-0.25, -0.2) is 0 Å². The predicted molar refractivity (Wildman–Crippen MR) is 126 cm³/mol. The fourth-order valence-electron chi connectivity index (χ4n) is 7.80. The second-order valence-corrected chi connectivity index (χ2v) is 10.5. The molecule has 5 fully saturated rings. The molecule has 0 heterocycles. The molecular formula is C27H40ClN. The molecule has 0 amide bonds. The van der Waals surface area contributed by atoms with Gasteiger partial charge in [-0.15, -0.1) is 12.4 Å². The molecule has 0 atom stereocenters. The van der Waals surface area contributed by atoms with Crippen LogP contribution in [0.15, 0.2) is 36.5 Å². The highest BCUT2D eigenvalue weighted by atomic mass is 35.5. The van der Waals surface area contributed by atoms with Crippen molar-refractivity contribution in [3.05, 3.63) is 47.7 Å². The van der Waals surface area contributed by atoms with Gasteiger partial charge in [0.1, 0.15) is 0 Å². The van der Waals surface area contributed by atoms with Crippen LogP contribution in [0.1, 0.15) is 88.2 Å². The van der Waals surface area contributed by atoms with E-state index < -0.39 is 0 Å². The number of hydrogen-bond donors (Lipinski definition) is 0. The highest BCUT2D eigenvalue weighted by Gasteiger charge is 2.48. The second-order valence-electron chi connectivity index (χ2n) is 10.5. The Morgan fingerprint density at radius 3 is 2.03 bits per heavy atom. The molecule has 0 N–H and O–H groups in total. The Labute approximate surface area is 184 Å². The highest BCUT2D eigenvalue weighted by molar-refractivity contribution is 5.85. The van der Waals surface area contributed by atoms with Crippen molar-refractivity contribution >= 4 is 12.4 Å². The van der Waals surface area contributed by atoms with Gasteiger partial charge in [0.05, 0.1) is 0 Å². The van der Waals surface area contributed by atoms with Gasteiger partial charge in [-0.05, 0) is 92.6 Å². The van der Waals surface area contributed by atoms with Gasteiger partial charge in [-0.2, -0.15) is 0 Å². The monoisotopic (exact) mass is 413 g/mol. The van der Waals surface area contributed by atoms with Gasteiger partial charge in [0.15, 0.2) is 0 Å². The first-order valence-corrected chi connectivity index (χ1v) is 12.2. The number of nitrogens with zero attached hydrogens (tertiary/aromatic N) is 1. The Morgan fingerprint density at radius 1 is 0.897 bits per heavy atom. The van der Waals surface area contributed by atoms with E-state index in [1.165, 1.54) is 69.0 Å². The minimum absolute atomic E-state index is 0. The topological polar surface area (TPSA) is 3.24 Å². The molecule has 2 heteroatoms. The molecule has 4 bridgehead atoms. The van der Waals surface area contributed by atoms with Crippen LogP contribution in [0.5, 0.6) is 0 Å². The van der Waals surface area contributed by atoms with Gasteiger partial charge < -0.3 is 4.90 Å². The van der Waals surface area contributed by atoms with E-state index in [2.05, 4.69) is 42.7 Å². The Balaban J connectivity index is 0.00000205. The molecule has 5 aliphatic rings. The number of halogens is 1. The van der Waals surface area contributed by atoms with E-state index in [9.17, 15) is 0 Å². The fourth-order valence-corrected chi connectivity index (χ4v) is 7.80. The number of rotatable bonds is 6. The summed E-state index contributed by atoms with van der Waals surface area (Å²) in [4.78, 5) is 2.60. The maximum atomic E-state index is 4.49. The van der Waals surface area contributed by atoms with Crippen molar-refractivity contribution in [1.29, 1.82) is 0 Å². The zero-order valence-corrected chi connectivity index (χ0v) is 19.1. The third-order valence-electron chi connectivity index (χ3n) is 8.76.